The van der Waals surface area contributed by atoms with E-state index in [4.69, 9.17) is 53.1 Å². The Balaban J connectivity index is 0.716. The number of rotatable bonds is 40. The minimum absolute atomic E-state index is 0.0493. The highest BCUT2D eigenvalue weighted by atomic mass is 32.2. The van der Waals surface area contributed by atoms with Gasteiger partial charge in [-0.2, -0.15) is 8.78 Å². The Morgan fingerprint density at radius 3 is 1.61 bits per heavy atom. The topological polar surface area (TPSA) is 250 Å². The summed E-state index contributed by atoms with van der Waals surface area (Å²) in [7, 11) is 0. The third-order valence-corrected chi connectivity index (χ3v) is 13.2. The first kappa shape index (κ1) is 61.8. The molecule has 0 radical (unpaired) electrons. The second-order valence-corrected chi connectivity index (χ2v) is 19.0. The number of fused-ring (bicyclic) bond motifs is 3. The molecule has 4 heterocycles. The highest BCUT2D eigenvalue weighted by Crippen LogP contribution is 2.38. The van der Waals surface area contributed by atoms with Crippen molar-refractivity contribution in [2.75, 3.05) is 152 Å². The summed E-state index contributed by atoms with van der Waals surface area (Å²) in [5.74, 6) is -11.3. The SMILES string of the molecule is CCCNC(=O)C1=Cc2sc(CN3C[C@H]4C[C@@H]3CN4C(=O)CCOCCOCCOCCOCCOCCOCCOCCOCCOCCOCCC(=O)Oc3c(F)c(F)c(S(=O)[O-])c(F)c3F)cc2N=C(N)C1. The van der Waals surface area contributed by atoms with E-state index in [1.807, 2.05) is 17.9 Å². The molecule has 1 aromatic heterocycles. The number of hydrogen-bond donors (Lipinski definition) is 2. The molecular formula is C48H68F4N5O16S2-. The Bertz CT molecular complexity index is 2170. The third-order valence-electron chi connectivity index (χ3n) is 11.4. The largest absolute Gasteiger partial charge is 0.768 e. The number of esters is 1. The van der Waals surface area contributed by atoms with Crippen LogP contribution in [-0.4, -0.2) is 206 Å². The number of amides is 2. The molecule has 3 atom stereocenters. The summed E-state index contributed by atoms with van der Waals surface area (Å²) in [5.41, 5.74) is 7.58. The van der Waals surface area contributed by atoms with E-state index in [2.05, 4.69) is 26.0 Å². The molecule has 3 aliphatic heterocycles. The highest BCUT2D eigenvalue weighted by Gasteiger charge is 2.45. The van der Waals surface area contributed by atoms with Crippen LogP contribution in [0.1, 0.15) is 48.8 Å². The molecule has 75 heavy (non-hydrogen) atoms. The van der Waals surface area contributed by atoms with Crippen LogP contribution in [0.15, 0.2) is 21.5 Å². The number of carbonyl (C=O) groups is 3. The van der Waals surface area contributed by atoms with Crippen molar-refractivity contribution in [3.8, 4) is 5.75 Å². The van der Waals surface area contributed by atoms with E-state index < -0.39 is 57.4 Å². The molecule has 2 fully saturated rings. The van der Waals surface area contributed by atoms with Crippen molar-refractivity contribution in [2.45, 2.75) is 62.6 Å². The van der Waals surface area contributed by atoms with Crippen molar-refractivity contribution in [3.05, 3.63) is 44.7 Å². The first-order valence-corrected chi connectivity index (χ1v) is 26.7. The number of hydrogen-bond acceptors (Lipinski definition) is 20. The van der Waals surface area contributed by atoms with Crippen LogP contribution in [0.4, 0.5) is 23.2 Å². The Labute approximate surface area is 439 Å². The van der Waals surface area contributed by atoms with Crippen LogP contribution < -0.4 is 15.8 Å². The van der Waals surface area contributed by atoms with Crippen LogP contribution >= 0.6 is 11.3 Å². The zero-order valence-corrected chi connectivity index (χ0v) is 43.7. The summed E-state index contributed by atoms with van der Waals surface area (Å²) >= 11 is -1.97. The van der Waals surface area contributed by atoms with Gasteiger partial charge in [0.1, 0.15) is 10.7 Å². The number of amidine groups is 1. The number of halogens is 4. The van der Waals surface area contributed by atoms with E-state index in [1.165, 1.54) is 0 Å². The fourth-order valence-corrected chi connectivity index (χ4v) is 9.36. The number of thiophene rings is 1. The van der Waals surface area contributed by atoms with Crippen molar-refractivity contribution in [1.29, 1.82) is 0 Å². The summed E-state index contributed by atoms with van der Waals surface area (Å²) in [4.78, 5) is 46.7. The van der Waals surface area contributed by atoms with Crippen LogP contribution in [0.5, 0.6) is 5.75 Å². The van der Waals surface area contributed by atoms with Crippen LogP contribution in [-0.2, 0) is 79.4 Å². The second-order valence-electron chi connectivity index (χ2n) is 16.9. The van der Waals surface area contributed by atoms with E-state index in [1.54, 1.807) is 11.3 Å². The van der Waals surface area contributed by atoms with Gasteiger partial charge in [-0.15, -0.1) is 11.3 Å². The molecule has 1 unspecified atom stereocenters. The van der Waals surface area contributed by atoms with Gasteiger partial charge in [-0.3, -0.25) is 23.5 Å². The Morgan fingerprint density at radius 1 is 0.707 bits per heavy atom. The molecule has 2 amide bonds. The lowest BCUT2D eigenvalue weighted by Gasteiger charge is -2.34. The van der Waals surface area contributed by atoms with E-state index >= 15 is 0 Å². The summed E-state index contributed by atoms with van der Waals surface area (Å²) in [6.45, 7) is 11.3. The maximum Gasteiger partial charge on any atom is 0.313 e. The van der Waals surface area contributed by atoms with Gasteiger partial charge in [-0.1, -0.05) is 6.92 Å². The highest BCUT2D eigenvalue weighted by molar-refractivity contribution is 7.79. The molecule has 5 rings (SSSR count). The molecule has 3 aliphatic rings. The number of carbonyl (C=O) groups excluding carboxylic acids is 3. The maximum absolute atomic E-state index is 13.9. The van der Waals surface area contributed by atoms with E-state index in [9.17, 15) is 40.7 Å². The van der Waals surface area contributed by atoms with Crippen molar-refractivity contribution < 1.29 is 92.8 Å². The van der Waals surface area contributed by atoms with Gasteiger partial charge in [-0.05, 0) is 36.1 Å². The maximum atomic E-state index is 13.9. The standard InChI is InChI=1S/C48H69F4N5O16S2/c1-2-5-54-48(60)33-26-38-37(55-39(53)27-33)29-36(74-38)32-56-30-35-28-34(56)31-57(35)40(58)3-6-63-8-10-65-12-14-67-16-18-69-20-22-71-24-25-72-23-21-70-19-17-68-15-13-66-11-9-64-7-4-41(59)73-46-42(49)44(51)47(75(61)62)45(52)43(46)50/h26,29,34-35H,2-25,27-28,30-32H2,1H3,(H2,53,55)(H,54,60)(H,61,62)/p-1/t34-,35-/m1/s1. The Morgan fingerprint density at radius 2 is 1.17 bits per heavy atom. The van der Waals surface area contributed by atoms with Gasteiger partial charge in [0.05, 0.1) is 156 Å². The number of likely N-dealkylation sites (tertiary alicyclic amines) is 2. The first-order chi connectivity index (χ1) is 36.4. The van der Waals surface area contributed by atoms with Gasteiger partial charge in [0.25, 0.3) is 0 Å². The van der Waals surface area contributed by atoms with Crippen molar-refractivity contribution in [1.82, 2.24) is 15.1 Å². The number of benzene rings is 1. The molecule has 2 aromatic rings. The molecule has 0 spiro atoms. The van der Waals surface area contributed by atoms with Gasteiger partial charge in [0, 0.05) is 55.1 Å². The van der Waals surface area contributed by atoms with Crippen LogP contribution in [0.2, 0.25) is 0 Å². The zero-order valence-electron chi connectivity index (χ0n) is 42.1. The molecule has 3 N–H and O–H groups in total. The molecule has 1 aromatic carbocycles. The normalized spacial score (nSPS) is 16.7. The van der Waals surface area contributed by atoms with Crippen LogP contribution in [0, 0.1) is 23.3 Å². The Hall–Kier alpha value is -4.07. The quantitative estimate of drug-likeness (QED) is 0.0243. The molecule has 422 valence electrons. The van der Waals surface area contributed by atoms with Gasteiger partial charge in [0.2, 0.25) is 29.2 Å². The van der Waals surface area contributed by atoms with Crippen molar-refractivity contribution >= 4 is 57.8 Å². The molecular weight excluding hydrogens is 1040 g/mol. The van der Waals surface area contributed by atoms with Gasteiger partial charge in [-0.25, -0.2) is 13.8 Å². The number of nitrogens with zero attached hydrogens (tertiary/aromatic N) is 3. The number of ether oxygens (including phenoxy) is 11. The van der Waals surface area contributed by atoms with Crippen molar-refractivity contribution in [2.24, 2.45) is 10.7 Å². The van der Waals surface area contributed by atoms with E-state index in [-0.39, 0.29) is 50.9 Å². The average Bonchev–Trinajstić information content (AvgIpc) is 4.07. The minimum atomic E-state index is -3.60. The first-order valence-electron chi connectivity index (χ1n) is 24.8. The zero-order chi connectivity index (χ0) is 53.8. The fourth-order valence-electron chi connectivity index (χ4n) is 7.79. The molecule has 21 nitrogen and oxygen atoms in total. The van der Waals surface area contributed by atoms with Gasteiger partial charge < -0.3 is 72.6 Å². The summed E-state index contributed by atoms with van der Waals surface area (Å²) in [6.07, 6.45) is 3.87. The Kier molecular flexibility index (Phi) is 28.5. The summed E-state index contributed by atoms with van der Waals surface area (Å²) in [5, 5.41) is 2.93. The van der Waals surface area contributed by atoms with Crippen LogP contribution in [0.25, 0.3) is 6.08 Å². The average molecular weight is 1110 g/mol. The van der Waals surface area contributed by atoms with Gasteiger partial charge >= 0.3 is 5.97 Å². The molecule has 0 saturated carbocycles. The summed E-state index contributed by atoms with van der Waals surface area (Å²) in [6, 6.07) is 2.57. The number of aliphatic imine (C=N–C) groups is 1. The molecule has 27 heteroatoms. The fraction of sp³-hybridized carbons (Fsp3) is 0.667. The second kappa shape index (κ2) is 34.6. The number of piperazine rings is 1. The monoisotopic (exact) mass is 1110 g/mol. The summed E-state index contributed by atoms with van der Waals surface area (Å²) < 4.78 is 136. The number of nitrogens with two attached hydrogens (primary N) is 1. The smallest absolute Gasteiger partial charge is 0.313 e. The van der Waals surface area contributed by atoms with Crippen molar-refractivity contribution in [3.63, 3.8) is 0 Å². The van der Waals surface area contributed by atoms with Gasteiger partial charge in [0.15, 0.2) is 11.6 Å². The van der Waals surface area contributed by atoms with Crippen LogP contribution in [0.3, 0.4) is 0 Å². The van der Waals surface area contributed by atoms with E-state index in [0.29, 0.717) is 142 Å². The minimum Gasteiger partial charge on any atom is -0.768 e. The lowest BCUT2D eigenvalue weighted by molar-refractivity contribution is -0.136. The molecule has 2 saturated heterocycles. The lowest BCUT2D eigenvalue weighted by atomic mass is 10.1. The van der Waals surface area contributed by atoms with E-state index in [0.717, 1.165) is 41.4 Å². The predicted octanol–water partition coefficient (Wildman–Crippen LogP) is 3.18. The molecule has 2 bridgehead atoms. The predicted molar refractivity (Wildman–Crippen MR) is 262 cm³/mol. The third kappa shape index (κ3) is 21.4. The number of nitrogens with one attached hydrogen (secondary N) is 1. The molecule has 0 aliphatic carbocycles. The lowest BCUT2D eigenvalue weighted by Crippen LogP contribution is -2.48.